The number of carbonyl (C=O) groups excluding carboxylic acids is 1. The Labute approximate surface area is 98.9 Å². The summed E-state index contributed by atoms with van der Waals surface area (Å²) in [4.78, 5) is 11.2. The zero-order chi connectivity index (χ0) is 14.0. The van der Waals surface area contributed by atoms with Gasteiger partial charge in [-0.1, -0.05) is 0 Å². The molecule has 98 valence electrons. The van der Waals surface area contributed by atoms with Crippen LogP contribution in [0.3, 0.4) is 0 Å². The topological polar surface area (TPSA) is 43.1 Å². The lowest BCUT2D eigenvalue weighted by Gasteiger charge is -2.06. The van der Waals surface area contributed by atoms with Gasteiger partial charge in [-0.3, -0.25) is 4.79 Å². The Morgan fingerprint density at radius 3 is 1.78 bits per heavy atom. The van der Waals surface area contributed by atoms with Crippen molar-refractivity contribution in [2.45, 2.75) is 13.3 Å². The van der Waals surface area contributed by atoms with E-state index >= 15 is 0 Å². The molecule has 2 N–H and O–H groups in total. The zero-order valence-electron chi connectivity index (χ0n) is 9.16. The van der Waals surface area contributed by atoms with E-state index < -0.39 is 46.9 Å². The van der Waals surface area contributed by atoms with Gasteiger partial charge in [-0.15, -0.1) is 0 Å². The standard InChI is InChI=1S/C11H8F5NO/c1-4(17)2-5(18)3-6-7(12)9(14)11(16)10(15)8(6)13/h2H,3,17H2,1H3/b4-2-. The van der Waals surface area contributed by atoms with Crippen LogP contribution in [0.2, 0.25) is 0 Å². The normalized spacial score (nSPS) is 11.8. The van der Waals surface area contributed by atoms with Gasteiger partial charge in [0.2, 0.25) is 5.82 Å². The van der Waals surface area contributed by atoms with E-state index in [1.54, 1.807) is 0 Å². The van der Waals surface area contributed by atoms with Crippen LogP contribution in [0.5, 0.6) is 0 Å². The lowest BCUT2D eigenvalue weighted by molar-refractivity contribution is -0.114. The van der Waals surface area contributed by atoms with Crippen molar-refractivity contribution in [1.82, 2.24) is 0 Å². The smallest absolute Gasteiger partial charge is 0.200 e. The molecule has 0 saturated carbocycles. The van der Waals surface area contributed by atoms with Crippen LogP contribution in [0.4, 0.5) is 22.0 Å². The Kier molecular flexibility index (Phi) is 4.05. The predicted octanol–water partition coefficient (Wildman–Crippen LogP) is 2.36. The summed E-state index contributed by atoms with van der Waals surface area (Å²) in [7, 11) is 0. The molecule has 0 aliphatic heterocycles. The van der Waals surface area contributed by atoms with E-state index in [0.717, 1.165) is 6.08 Å². The zero-order valence-corrected chi connectivity index (χ0v) is 9.16. The first kappa shape index (κ1) is 14.1. The van der Waals surface area contributed by atoms with Gasteiger partial charge in [-0.2, -0.15) is 0 Å². The van der Waals surface area contributed by atoms with Crippen molar-refractivity contribution in [3.05, 3.63) is 46.4 Å². The molecule has 0 spiro atoms. The highest BCUT2D eigenvalue weighted by molar-refractivity contribution is 5.91. The molecule has 0 atom stereocenters. The molecule has 0 aromatic heterocycles. The van der Waals surface area contributed by atoms with Crippen LogP contribution in [0.15, 0.2) is 11.8 Å². The fourth-order valence-electron chi connectivity index (χ4n) is 1.28. The number of allylic oxidation sites excluding steroid dienone is 2. The molecule has 0 aliphatic carbocycles. The fourth-order valence-corrected chi connectivity index (χ4v) is 1.28. The van der Waals surface area contributed by atoms with Gasteiger partial charge in [0.15, 0.2) is 29.1 Å². The van der Waals surface area contributed by atoms with Crippen molar-refractivity contribution < 1.29 is 26.7 Å². The summed E-state index contributed by atoms with van der Waals surface area (Å²) in [5.74, 6) is -11.3. The first-order valence-corrected chi connectivity index (χ1v) is 4.72. The summed E-state index contributed by atoms with van der Waals surface area (Å²) in [6, 6.07) is 0. The molecule has 18 heavy (non-hydrogen) atoms. The van der Waals surface area contributed by atoms with Gasteiger partial charge in [0.05, 0.1) is 0 Å². The molecule has 1 aromatic carbocycles. The predicted molar refractivity (Wildman–Crippen MR) is 52.9 cm³/mol. The van der Waals surface area contributed by atoms with Crippen molar-refractivity contribution in [3.8, 4) is 0 Å². The summed E-state index contributed by atoms with van der Waals surface area (Å²) in [5, 5.41) is 0. The Balaban J connectivity index is 3.26. The minimum absolute atomic E-state index is 0.0591. The van der Waals surface area contributed by atoms with Gasteiger partial charge < -0.3 is 5.73 Å². The van der Waals surface area contributed by atoms with E-state index in [-0.39, 0.29) is 5.70 Å². The van der Waals surface area contributed by atoms with Crippen LogP contribution >= 0.6 is 0 Å². The third-order valence-corrected chi connectivity index (χ3v) is 2.04. The molecule has 1 aromatic rings. The lowest BCUT2D eigenvalue weighted by atomic mass is 10.1. The van der Waals surface area contributed by atoms with Crippen LogP contribution < -0.4 is 5.73 Å². The maximum Gasteiger partial charge on any atom is 0.200 e. The SMILES string of the molecule is C/C(N)=C/C(=O)Cc1c(F)c(F)c(F)c(F)c1F. The first-order valence-electron chi connectivity index (χ1n) is 4.72. The summed E-state index contributed by atoms with van der Waals surface area (Å²) in [6.07, 6.45) is -0.113. The van der Waals surface area contributed by atoms with E-state index in [1.807, 2.05) is 0 Å². The van der Waals surface area contributed by atoms with Crippen LogP contribution in [-0.4, -0.2) is 5.78 Å². The third-order valence-electron chi connectivity index (χ3n) is 2.04. The molecule has 0 unspecified atom stereocenters. The molecule has 0 saturated heterocycles. The summed E-state index contributed by atoms with van der Waals surface area (Å²) >= 11 is 0. The molecular formula is C11H8F5NO. The third kappa shape index (κ3) is 2.66. The van der Waals surface area contributed by atoms with Crippen molar-refractivity contribution >= 4 is 5.78 Å². The van der Waals surface area contributed by atoms with E-state index in [9.17, 15) is 26.7 Å². The number of hydrogen-bond acceptors (Lipinski definition) is 2. The largest absolute Gasteiger partial charge is 0.402 e. The van der Waals surface area contributed by atoms with Gasteiger partial charge >= 0.3 is 0 Å². The van der Waals surface area contributed by atoms with Gasteiger partial charge in [0.1, 0.15) is 0 Å². The summed E-state index contributed by atoms with van der Waals surface area (Å²) in [6.45, 7) is 1.34. The number of nitrogens with two attached hydrogens (primary N) is 1. The average molecular weight is 265 g/mol. The van der Waals surface area contributed by atoms with Crippen LogP contribution in [0.1, 0.15) is 12.5 Å². The number of ketones is 1. The first-order chi connectivity index (χ1) is 8.25. The monoisotopic (exact) mass is 265 g/mol. The second kappa shape index (κ2) is 5.16. The van der Waals surface area contributed by atoms with Gasteiger partial charge in [-0.05, 0) is 13.0 Å². The number of benzene rings is 1. The second-order valence-corrected chi connectivity index (χ2v) is 3.58. The molecule has 0 bridgehead atoms. The van der Waals surface area contributed by atoms with Crippen molar-refractivity contribution in [3.63, 3.8) is 0 Å². The quantitative estimate of drug-likeness (QED) is 0.394. The van der Waals surface area contributed by atoms with Gasteiger partial charge in [0, 0.05) is 17.7 Å². The van der Waals surface area contributed by atoms with Gasteiger partial charge in [-0.25, -0.2) is 22.0 Å². The molecule has 0 heterocycles. The number of carbonyl (C=O) groups is 1. The lowest BCUT2D eigenvalue weighted by Crippen LogP contribution is -2.11. The molecule has 0 fully saturated rings. The van der Waals surface area contributed by atoms with E-state index in [0.29, 0.717) is 0 Å². The Bertz CT molecular complexity index is 506. The highest BCUT2D eigenvalue weighted by atomic mass is 19.2. The maximum atomic E-state index is 13.2. The average Bonchev–Trinajstić information content (AvgIpc) is 2.29. The molecular weight excluding hydrogens is 257 g/mol. The highest BCUT2D eigenvalue weighted by Crippen LogP contribution is 2.23. The summed E-state index contributed by atoms with van der Waals surface area (Å²) in [5.41, 5.74) is 4.04. The Hall–Kier alpha value is -1.92. The minimum atomic E-state index is -2.26. The fraction of sp³-hybridized carbons (Fsp3) is 0.182. The van der Waals surface area contributed by atoms with E-state index in [4.69, 9.17) is 5.73 Å². The Morgan fingerprint density at radius 1 is 1.00 bits per heavy atom. The van der Waals surface area contributed by atoms with Crippen molar-refractivity contribution in [2.75, 3.05) is 0 Å². The maximum absolute atomic E-state index is 13.2. The van der Waals surface area contributed by atoms with Crippen molar-refractivity contribution in [2.24, 2.45) is 5.73 Å². The number of halogens is 5. The van der Waals surface area contributed by atoms with E-state index in [2.05, 4.69) is 0 Å². The number of hydrogen-bond donors (Lipinski definition) is 1. The molecule has 0 aliphatic rings. The van der Waals surface area contributed by atoms with Crippen LogP contribution in [0.25, 0.3) is 0 Å². The highest BCUT2D eigenvalue weighted by Gasteiger charge is 2.26. The van der Waals surface area contributed by atoms with Gasteiger partial charge in [0.25, 0.3) is 0 Å². The van der Waals surface area contributed by atoms with Crippen molar-refractivity contribution in [1.29, 1.82) is 0 Å². The molecule has 7 heteroatoms. The minimum Gasteiger partial charge on any atom is -0.402 e. The molecule has 1 rings (SSSR count). The molecule has 0 radical (unpaired) electrons. The van der Waals surface area contributed by atoms with Crippen LogP contribution in [-0.2, 0) is 11.2 Å². The van der Waals surface area contributed by atoms with E-state index in [1.165, 1.54) is 6.92 Å². The second-order valence-electron chi connectivity index (χ2n) is 3.58. The Morgan fingerprint density at radius 2 is 1.39 bits per heavy atom. The van der Waals surface area contributed by atoms with Crippen LogP contribution in [0, 0.1) is 29.1 Å². The molecule has 2 nitrogen and oxygen atoms in total. The summed E-state index contributed by atoms with van der Waals surface area (Å²) < 4.78 is 64.7. The molecule has 0 amide bonds. The number of rotatable bonds is 3.